The van der Waals surface area contributed by atoms with Gasteiger partial charge < -0.3 is 19.9 Å². The number of rotatable bonds is 6. The van der Waals surface area contributed by atoms with Gasteiger partial charge in [0.2, 0.25) is 5.91 Å². The van der Waals surface area contributed by atoms with Gasteiger partial charge in [0.15, 0.2) is 0 Å². The summed E-state index contributed by atoms with van der Waals surface area (Å²) in [7, 11) is 1.75. The zero-order valence-corrected chi connectivity index (χ0v) is 16.5. The van der Waals surface area contributed by atoms with Crippen molar-refractivity contribution >= 4 is 17.5 Å². The molecule has 1 N–H and O–H groups in total. The van der Waals surface area contributed by atoms with E-state index in [9.17, 15) is 9.59 Å². The number of nitrogens with one attached hydrogen (secondary N) is 1. The van der Waals surface area contributed by atoms with Crippen LogP contribution in [0.15, 0.2) is 48.5 Å². The predicted octanol–water partition coefficient (Wildman–Crippen LogP) is 2.22. The van der Waals surface area contributed by atoms with Gasteiger partial charge in [-0.25, -0.2) is 0 Å². The predicted molar refractivity (Wildman–Crippen MR) is 109 cm³/mol. The fourth-order valence-electron chi connectivity index (χ4n) is 3.21. The first-order valence-electron chi connectivity index (χ1n) is 9.54. The van der Waals surface area contributed by atoms with E-state index in [1.807, 2.05) is 37.3 Å². The summed E-state index contributed by atoms with van der Waals surface area (Å²) in [5.74, 6) is -0.353. The summed E-state index contributed by atoms with van der Waals surface area (Å²) in [6.07, 6.45) is 0. The first-order valence-corrected chi connectivity index (χ1v) is 9.54. The lowest BCUT2D eigenvalue weighted by Gasteiger charge is -2.29. The fourth-order valence-corrected chi connectivity index (χ4v) is 3.21. The zero-order valence-electron chi connectivity index (χ0n) is 16.5. The van der Waals surface area contributed by atoms with Crippen molar-refractivity contribution in [3.05, 3.63) is 65.2 Å². The highest BCUT2D eigenvalue weighted by Crippen LogP contribution is 2.17. The Balaban J connectivity index is 1.49. The van der Waals surface area contributed by atoms with Gasteiger partial charge in [-0.05, 0) is 36.2 Å². The molecule has 148 valence electrons. The number of carbonyl (C=O) groups is 2. The van der Waals surface area contributed by atoms with Crippen LogP contribution in [0.1, 0.15) is 21.5 Å². The summed E-state index contributed by atoms with van der Waals surface area (Å²) in [6, 6.07) is 15.6. The van der Waals surface area contributed by atoms with Crippen molar-refractivity contribution in [1.82, 2.24) is 10.2 Å². The van der Waals surface area contributed by atoms with Crippen molar-refractivity contribution in [3.8, 4) is 0 Å². The van der Waals surface area contributed by atoms with Crippen molar-refractivity contribution in [2.45, 2.75) is 13.5 Å². The monoisotopic (exact) mass is 381 g/mol. The lowest BCUT2D eigenvalue weighted by atomic mass is 10.1. The summed E-state index contributed by atoms with van der Waals surface area (Å²) in [4.78, 5) is 28.5. The first kappa shape index (κ1) is 19.9. The highest BCUT2D eigenvalue weighted by atomic mass is 16.5. The van der Waals surface area contributed by atoms with E-state index in [0.29, 0.717) is 12.1 Å². The van der Waals surface area contributed by atoms with Gasteiger partial charge in [0.05, 0.1) is 19.8 Å². The van der Waals surface area contributed by atoms with Crippen LogP contribution in [0.5, 0.6) is 0 Å². The Hall–Kier alpha value is -2.86. The molecule has 2 aromatic carbocycles. The van der Waals surface area contributed by atoms with E-state index in [4.69, 9.17) is 4.74 Å². The maximum Gasteiger partial charge on any atom is 0.251 e. The third-order valence-corrected chi connectivity index (χ3v) is 4.95. The summed E-state index contributed by atoms with van der Waals surface area (Å²) in [6.45, 7) is 5.68. The number of hydrogen-bond acceptors (Lipinski definition) is 4. The van der Waals surface area contributed by atoms with Crippen molar-refractivity contribution in [2.24, 2.45) is 0 Å². The molecular formula is C22H27N3O3. The molecule has 6 heteroatoms. The molecule has 28 heavy (non-hydrogen) atoms. The van der Waals surface area contributed by atoms with Crippen molar-refractivity contribution < 1.29 is 14.3 Å². The summed E-state index contributed by atoms with van der Waals surface area (Å²) in [5, 5.41) is 2.71. The van der Waals surface area contributed by atoms with E-state index in [2.05, 4.69) is 22.3 Å². The van der Waals surface area contributed by atoms with E-state index >= 15 is 0 Å². The van der Waals surface area contributed by atoms with Gasteiger partial charge in [-0.3, -0.25) is 9.59 Å². The van der Waals surface area contributed by atoms with Crippen LogP contribution in [0, 0.1) is 6.92 Å². The van der Waals surface area contributed by atoms with Gasteiger partial charge in [0, 0.05) is 37.9 Å². The molecule has 2 amide bonds. The van der Waals surface area contributed by atoms with Crippen molar-refractivity contribution in [2.75, 3.05) is 44.8 Å². The molecule has 0 saturated carbocycles. The Kier molecular flexibility index (Phi) is 6.66. The van der Waals surface area contributed by atoms with E-state index in [-0.39, 0.29) is 18.4 Å². The van der Waals surface area contributed by atoms with Crippen molar-refractivity contribution in [3.63, 3.8) is 0 Å². The smallest absolute Gasteiger partial charge is 0.251 e. The number of anilines is 1. The Morgan fingerprint density at radius 3 is 2.43 bits per heavy atom. The topological polar surface area (TPSA) is 61.9 Å². The van der Waals surface area contributed by atoms with Crippen LogP contribution < -0.4 is 10.2 Å². The largest absolute Gasteiger partial charge is 0.378 e. The maximum absolute atomic E-state index is 12.4. The van der Waals surface area contributed by atoms with Gasteiger partial charge in [0.25, 0.3) is 5.91 Å². The Labute approximate surface area is 166 Å². The van der Waals surface area contributed by atoms with Crippen LogP contribution >= 0.6 is 0 Å². The third-order valence-electron chi connectivity index (χ3n) is 4.95. The number of amides is 2. The second kappa shape index (κ2) is 9.37. The lowest BCUT2D eigenvalue weighted by Crippen LogP contribution is -2.38. The van der Waals surface area contributed by atoms with Gasteiger partial charge in [-0.2, -0.15) is 0 Å². The average Bonchev–Trinajstić information content (AvgIpc) is 2.73. The number of likely N-dealkylation sites (N-methyl/N-ethyl adjacent to an activating group) is 1. The molecule has 1 fully saturated rings. The van der Waals surface area contributed by atoms with Crippen molar-refractivity contribution in [1.29, 1.82) is 0 Å². The molecule has 2 aromatic rings. The van der Waals surface area contributed by atoms with E-state index < -0.39 is 0 Å². The number of ether oxygens (including phenoxy) is 1. The molecule has 1 aliphatic heterocycles. The van der Waals surface area contributed by atoms with Crippen LogP contribution in [0.4, 0.5) is 5.69 Å². The van der Waals surface area contributed by atoms with Gasteiger partial charge >= 0.3 is 0 Å². The third kappa shape index (κ3) is 5.10. The number of aryl methyl sites for hydroxylation is 1. The molecule has 0 aliphatic carbocycles. The lowest BCUT2D eigenvalue weighted by molar-refractivity contribution is -0.129. The first-order chi connectivity index (χ1) is 13.5. The average molecular weight is 381 g/mol. The maximum atomic E-state index is 12.4. The summed E-state index contributed by atoms with van der Waals surface area (Å²) < 4.78 is 5.38. The molecule has 0 unspecified atom stereocenters. The number of nitrogens with zero attached hydrogens (tertiary/aromatic N) is 2. The van der Waals surface area contributed by atoms with Crippen LogP contribution in [0.2, 0.25) is 0 Å². The van der Waals surface area contributed by atoms with Gasteiger partial charge in [0.1, 0.15) is 0 Å². The second-order valence-electron chi connectivity index (χ2n) is 7.01. The summed E-state index contributed by atoms with van der Waals surface area (Å²) in [5.41, 5.74) is 3.71. The van der Waals surface area contributed by atoms with E-state index in [1.165, 1.54) is 5.69 Å². The molecule has 1 aliphatic rings. The minimum atomic E-state index is -0.227. The second-order valence-corrected chi connectivity index (χ2v) is 7.01. The molecule has 1 heterocycles. The number of carbonyl (C=O) groups excluding carboxylic acids is 2. The fraction of sp³-hybridized carbons (Fsp3) is 0.364. The number of benzene rings is 2. The molecule has 0 aromatic heterocycles. The van der Waals surface area contributed by atoms with Gasteiger partial charge in [-0.15, -0.1) is 0 Å². The number of morpholine rings is 1. The molecule has 1 saturated heterocycles. The molecule has 0 bridgehead atoms. The normalized spacial score (nSPS) is 13.9. The molecule has 6 nitrogen and oxygen atoms in total. The van der Waals surface area contributed by atoms with Crippen LogP contribution in [0.3, 0.4) is 0 Å². The molecule has 0 atom stereocenters. The molecule has 0 radical (unpaired) electrons. The standard InChI is InChI=1S/C22H27N3O3/c1-17-5-3-4-6-20(17)22(27)23-15-21(26)24(2)16-18-7-9-19(10-8-18)25-11-13-28-14-12-25/h3-10H,11-16H2,1-2H3,(H,23,27). The van der Waals surface area contributed by atoms with Crippen LogP contribution in [0.25, 0.3) is 0 Å². The summed E-state index contributed by atoms with van der Waals surface area (Å²) >= 11 is 0. The van der Waals surface area contributed by atoms with Crippen LogP contribution in [-0.2, 0) is 16.1 Å². The van der Waals surface area contributed by atoms with Gasteiger partial charge in [-0.1, -0.05) is 30.3 Å². The van der Waals surface area contributed by atoms with E-state index in [1.54, 1.807) is 18.0 Å². The minimum Gasteiger partial charge on any atom is -0.378 e. The zero-order chi connectivity index (χ0) is 19.9. The molecule has 0 spiro atoms. The van der Waals surface area contributed by atoms with Crippen LogP contribution in [-0.4, -0.2) is 56.6 Å². The highest BCUT2D eigenvalue weighted by Gasteiger charge is 2.14. The quantitative estimate of drug-likeness (QED) is 0.834. The Morgan fingerprint density at radius 2 is 1.75 bits per heavy atom. The molecular weight excluding hydrogens is 354 g/mol. The minimum absolute atomic E-state index is 0.0183. The Morgan fingerprint density at radius 1 is 1.07 bits per heavy atom. The Bertz CT molecular complexity index is 814. The molecule has 3 rings (SSSR count). The number of hydrogen-bond donors (Lipinski definition) is 1. The van der Waals surface area contributed by atoms with E-state index in [0.717, 1.165) is 37.4 Å². The SMILES string of the molecule is Cc1ccccc1C(=O)NCC(=O)N(C)Cc1ccc(N2CCOCC2)cc1. The highest BCUT2D eigenvalue weighted by molar-refractivity contribution is 5.97.